The molecule has 0 unspecified atom stereocenters. The van der Waals surface area contributed by atoms with Crippen LogP contribution in [-0.4, -0.2) is 58.6 Å². The number of methoxy groups -OCH3 is 2. The number of aromatic carboxylic acids is 1. The number of hydrazone groups is 1. The van der Waals surface area contributed by atoms with Gasteiger partial charge in [0.15, 0.2) is 11.5 Å². The number of hydrogen-bond donors (Lipinski definition) is 2. The molecule has 10 nitrogen and oxygen atoms in total. The Balaban J connectivity index is 2.12. The van der Waals surface area contributed by atoms with Gasteiger partial charge in [-0.25, -0.2) is 18.6 Å². The van der Waals surface area contributed by atoms with Gasteiger partial charge in [-0.2, -0.15) is 5.10 Å². The fourth-order valence-corrected chi connectivity index (χ4v) is 3.28. The molecule has 1 amide bonds. The molecule has 160 valence electrons. The van der Waals surface area contributed by atoms with Crippen molar-refractivity contribution in [1.29, 1.82) is 0 Å². The van der Waals surface area contributed by atoms with Gasteiger partial charge in [0, 0.05) is 6.07 Å². The highest BCUT2D eigenvalue weighted by Gasteiger charge is 2.22. The summed E-state index contributed by atoms with van der Waals surface area (Å²) in [5.41, 5.74) is 3.14. The Bertz CT molecular complexity index is 1050. The molecular formula is C19H21N3O7S. The van der Waals surface area contributed by atoms with Crippen LogP contribution in [0, 0.1) is 0 Å². The van der Waals surface area contributed by atoms with Crippen molar-refractivity contribution in [3.8, 4) is 11.5 Å². The predicted octanol–water partition coefficient (Wildman–Crippen LogP) is 1.32. The molecule has 30 heavy (non-hydrogen) atoms. The number of rotatable bonds is 9. The molecule has 0 heterocycles. The van der Waals surface area contributed by atoms with Crippen LogP contribution in [0.1, 0.15) is 15.9 Å². The van der Waals surface area contributed by atoms with E-state index in [2.05, 4.69) is 10.5 Å². The number of nitrogens with one attached hydrogen (secondary N) is 1. The Morgan fingerprint density at radius 1 is 1.10 bits per heavy atom. The largest absolute Gasteiger partial charge is 0.493 e. The second-order valence-corrected chi connectivity index (χ2v) is 7.94. The monoisotopic (exact) mass is 435 g/mol. The van der Waals surface area contributed by atoms with E-state index in [1.807, 2.05) is 0 Å². The van der Waals surface area contributed by atoms with Gasteiger partial charge in [0.05, 0.1) is 37.9 Å². The number of carbonyl (C=O) groups excluding carboxylic acids is 1. The minimum Gasteiger partial charge on any atom is -0.493 e. The van der Waals surface area contributed by atoms with Gasteiger partial charge in [-0.15, -0.1) is 0 Å². The SMILES string of the molecule is COc1ccc(N(CC(=O)N/N=C\c2ccc(C(=O)O)cc2)S(C)(=O)=O)cc1OC. The van der Waals surface area contributed by atoms with E-state index in [4.69, 9.17) is 14.6 Å². The molecule has 0 spiro atoms. The molecule has 2 N–H and O–H groups in total. The van der Waals surface area contributed by atoms with Crippen LogP contribution >= 0.6 is 0 Å². The Hall–Kier alpha value is -3.60. The molecule has 0 atom stereocenters. The summed E-state index contributed by atoms with van der Waals surface area (Å²) in [6, 6.07) is 10.3. The number of amides is 1. The van der Waals surface area contributed by atoms with Crippen molar-refractivity contribution in [3.05, 3.63) is 53.6 Å². The smallest absolute Gasteiger partial charge is 0.335 e. The predicted molar refractivity (Wildman–Crippen MR) is 111 cm³/mol. The number of hydrogen-bond acceptors (Lipinski definition) is 7. The third-order valence-corrected chi connectivity index (χ3v) is 5.04. The summed E-state index contributed by atoms with van der Waals surface area (Å²) in [5, 5.41) is 12.6. The number of ether oxygens (including phenoxy) is 2. The number of carboxylic acid groups (broad SMARTS) is 1. The molecule has 0 radical (unpaired) electrons. The van der Waals surface area contributed by atoms with Gasteiger partial charge in [-0.1, -0.05) is 12.1 Å². The Kier molecular flexibility index (Phi) is 7.37. The van der Waals surface area contributed by atoms with Crippen molar-refractivity contribution >= 4 is 33.8 Å². The van der Waals surface area contributed by atoms with Crippen molar-refractivity contribution in [2.45, 2.75) is 0 Å². The number of benzene rings is 2. The summed E-state index contributed by atoms with van der Waals surface area (Å²) in [5.74, 6) is -0.999. The Labute approximate surface area is 173 Å². The lowest BCUT2D eigenvalue weighted by atomic mass is 10.1. The summed E-state index contributed by atoms with van der Waals surface area (Å²) in [6.45, 7) is -0.510. The maximum Gasteiger partial charge on any atom is 0.335 e. The first kappa shape index (κ1) is 22.7. The van der Waals surface area contributed by atoms with E-state index >= 15 is 0 Å². The lowest BCUT2D eigenvalue weighted by Gasteiger charge is -2.22. The zero-order valence-corrected chi connectivity index (χ0v) is 17.3. The van der Waals surface area contributed by atoms with E-state index in [0.717, 1.165) is 10.6 Å². The normalized spacial score (nSPS) is 11.2. The molecule has 2 aromatic rings. The summed E-state index contributed by atoms with van der Waals surface area (Å²) >= 11 is 0. The molecular weight excluding hydrogens is 414 g/mol. The number of nitrogens with zero attached hydrogens (tertiary/aromatic N) is 2. The van der Waals surface area contributed by atoms with E-state index in [1.165, 1.54) is 62.9 Å². The number of carboxylic acids is 1. The minimum atomic E-state index is -3.78. The van der Waals surface area contributed by atoms with E-state index in [1.54, 1.807) is 0 Å². The van der Waals surface area contributed by atoms with Gasteiger partial charge in [0.25, 0.3) is 5.91 Å². The summed E-state index contributed by atoms with van der Waals surface area (Å²) in [7, 11) is -0.915. The van der Waals surface area contributed by atoms with Crippen LogP contribution in [0.4, 0.5) is 5.69 Å². The van der Waals surface area contributed by atoms with Crippen molar-refractivity contribution in [3.63, 3.8) is 0 Å². The third kappa shape index (κ3) is 5.95. The fourth-order valence-electron chi connectivity index (χ4n) is 2.44. The number of carbonyl (C=O) groups is 2. The van der Waals surface area contributed by atoms with Crippen LogP contribution in [0.15, 0.2) is 47.6 Å². The second kappa shape index (κ2) is 9.74. The average molecular weight is 435 g/mol. The van der Waals surface area contributed by atoms with Gasteiger partial charge in [0.2, 0.25) is 10.0 Å². The van der Waals surface area contributed by atoms with E-state index < -0.39 is 28.4 Å². The molecule has 0 saturated heterocycles. The topological polar surface area (TPSA) is 135 Å². The molecule has 0 aliphatic carbocycles. The molecule has 2 aromatic carbocycles. The molecule has 0 aliphatic rings. The van der Waals surface area contributed by atoms with Gasteiger partial charge >= 0.3 is 5.97 Å². The standard InChI is InChI=1S/C19H21N3O7S/c1-28-16-9-8-15(10-17(16)29-2)22(30(3,26)27)12-18(23)21-20-11-13-4-6-14(7-5-13)19(24)25/h4-11H,12H2,1-3H3,(H,21,23)(H,24,25)/b20-11-. The van der Waals surface area contributed by atoms with Crippen molar-refractivity contribution < 1.29 is 32.6 Å². The lowest BCUT2D eigenvalue weighted by molar-refractivity contribution is -0.119. The van der Waals surface area contributed by atoms with Crippen LogP contribution in [0.25, 0.3) is 0 Å². The number of anilines is 1. The molecule has 2 rings (SSSR count). The summed E-state index contributed by atoms with van der Waals surface area (Å²) in [6.07, 6.45) is 2.29. The highest BCUT2D eigenvalue weighted by Crippen LogP contribution is 2.32. The first-order chi connectivity index (χ1) is 14.2. The Morgan fingerprint density at radius 3 is 2.27 bits per heavy atom. The van der Waals surface area contributed by atoms with Gasteiger partial charge in [-0.05, 0) is 29.8 Å². The molecule has 0 fully saturated rings. The van der Waals surface area contributed by atoms with Crippen LogP contribution in [0.5, 0.6) is 11.5 Å². The van der Waals surface area contributed by atoms with Gasteiger partial charge in [0.1, 0.15) is 6.54 Å². The van der Waals surface area contributed by atoms with Crippen LogP contribution in [-0.2, 0) is 14.8 Å². The molecule has 0 saturated carbocycles. The van der Waals surface area contributed by atoms with E-state index in [0.29, 0.717) is 17.1 Å². The zero-order valence-electron chi connectivity index (χ0n) is 16.5. The average Bonchev–Trinajstić information content (AvgIpc) is 2.71. The van der Waals surface area contributed by atoms with Gasteiger partial charge < -0.3 is 14.6 Å². The van der Waals surface area contributed by atoms with Crippen LogP contribution in [0.3, 0.4) is 0 Å². The zero-order chi connectivity index (χ0) is 22.3. The van der Waals surface area contributed by atoms with E-state index in [-0.39, 0.29) is 11.3 Å². The maximum atomic E-state index is 12.2. The molecule has 0 aliphatic heterocycles. The van der Waals surface area contributed by atoms with Crippen molar-refractivity contribution in [2.75, 3.05) is 31.3 Å². The van der Waals surface area contributed by atoms with E-state index in [9.17, 15) is 18.0 Å². The van der Waals surface area contributed by atoms with Crippen molar-refractivity contribution in [1.82, 2.24) is 5.43 Å². The quantitative estimate of drug-likeness (QED) is 0.448. The molecule has 0 aromatic heterocycles. The summed E-state index contributed by atoms with van der Waals surface area (Å²) < 4.78 is 35.6. The second-order valence-electron chi connectivity index (χ2n) is 6.03. The van der Waals surface area contributed by atoms with Crippen LogP contribution in [0.2, 0.25) is 0 Å². The Morgan fingerprint density at radius 2 is 1.73 bits per heavy atom. The summed E-state index contributed by atoms with van der Waals surface area (Å²) in [4.78, 5) is 23.1. The first-order valence-electron chi connectivity index (χ1n) is 8.50. The van der Waals surface area contributed by atoms with Crippen molar-refractivity contribution in [2.24, 2.45) is 5.10 Å². The lowest BCUT2D eigenvalue weighted by Crippen LogP contribution is -2.39. The minimum absolute atomic E-state index is 0.120. The molecule has 0 bridgehead atoms. The van der Waals surface area contributed by atoms with Gasteiger partial charge in [-0.3, -0.25) is 9.10 Å². The highest BCUT2D eigenvalue weighted by atomic mass is 32.2. The molecule has 11 heteroatoms. The maximum absolute atomic E-state index is 12.2. The fraction of sp³-hybridized carbons (Fsp3) is 0.211. The number of sulfonamides is 1. The third-order valence-electron chi connectivity index (χ3n) is 3.90. The highest BCUT2D eigenvalue weighted by molar-refractivity contribution is 7.92. The first-order valence-corrected chi connectivity index (χ1v) is 10.4. The van der Waals surface area contributed by atoms with Crippen LogP contribution < -0.4 is 19.2 Å².